The van der Waals surface area contributed by atoms with Gasteiger partial charge in [0.15, 0.2) is 0 Å². The second kappa shape index (κ2) is 5.82. The van der Waals surface area contributed by atoms with E-state index < -0.39 is 0 Å². The van der Waals surface area contributed by atoms with E-state index in [-0.39, 0.29) is 0 Å². The SMILES string of the molecule is C/C=C\C=C/C1=Cc2c(c3ccc(Br)cc3c3ccccc23)C1. The highest BCUT2D eigenvalue weighted by atomic mass is 79.9. The topological polar surface area (TPSA) is 0 Å². The number of benzene rings is 3. The fourth-order valence-electron chi connectivity index (χ4n) is 3.46. The highest BCUT2D eigenvalue weighted by Gasteiger charge is 2.18. The first-order valence-corrected chi connectivity index (χ1v) is 8.70. The lowest BCUT2D eigenvalue weighted by molar-refractivity contribution is 1.27. The van der Waals surface area contributed by atoms with E-state index in [4.69, 9.17) is 0 Å². The van der Waals surface area contributed by atoms with Gasteiger partial charge in [0.05, 0.1) is 0 Å². The Morgan fingerprint density at radius 2 is 1.74 bits per heavy atom. The van der Waals surface area contributed by atoms with Gasteiger partial charge in [0.2, 0.25) is 0 Å². The minimum absolute atomic E-state index is 1.01. The Balaban J connectivity index is 2.01. The number of allylic oxidation sites excluding steroid dienone is 5. The summed E-state index contributed by atoms with van der Waals surface area (Å²) in [7, 11) is 0. The summed E-state index contributed by atoms with van der Waals surface area (Å²) in [6.07, 6.45) is 11.8. The lowest BCUT2D eigenvalue weighted by Crippen LogP contribution is -1.89. The number of fused-ring (bicyclic) bond motifs is 6. The van der Waals surface area contributed by atoms with Crippen LogP contribution in [0.15, 0.2) is 76.8 Å². The Bertz CT molecular complexity index is 1000. The molecule has 0 amide bonds. The van der Waals surface area contributed by atoms with Crippen molar-refractivity contribution in [2.45, 2.75) is 13.3 Å². The van der Waals surface area contributed by atoms with Gasteiger partial charge in [0, 0.05) is 4.47 Å². The van der Waals surface area contributed by atoms with E-state index in [1.54, 1.807) is 0 Å². The molecule has 0 aromatic heterocycles. The minimum Gasteiger partial charge on any atom is -0.0877 e. The number of halogens is 1. The molecule has 0 nitrogen and oxygen atoms in total. The summed E-state index contributed by atoms with van der Waals surface area (Å²) in [5.41, 5.74) is 4.21. The van der Waals surface area contributed by atoms with Gasteiger partial charge in [-0.15, -0.1) is 0 Å². The Kier molecular flexibility index (Phi) is 3.66. The molecule has 23 heavy (non-hydrogen) atoms. The molecule has 0 saturated heterocycles. The predicted octanol–water partition coefficient (Wildman–Crippen LogP) is 6.83. The molecule has 0 unspecified atom stereocenters. The summed E-state index contributed by atoms with van der Waals surface area (Å²) < 4.78 is 1.13. The second-order valence-corrected chi connectivity index (χ2v) is 6.82. The zero-order valence-corrected chi connectivity index (χ0v) is 14.6. The molecule has 4 rings (SSSR count). The third kappa shape index (κ3) is 2.46. The average molecular weight is 361 g/mol. The number of hydrogen-bond acceptors (Lipinski definition) is 0. The molecule has 0 bridgehead atoms. The molecule has 0 aliphatic heterocycles. The van der Waals surface area contributed by atoms with Gasteiger partial charge in [0.1, 0.15) is 0 Å². The first-order valence-electron chi connectivity index (χ1n) is 7.90. The largest absolute Gasteiger partial charge is 0.0877 e. The molecule has 0 spiro atoms. The van der Waals surface area contributed by atoms with Crippen LogP contribution in [-0.2, 0) is 6.42 Å². The summed E-state index contributed by atoms with van der Waals surface area (Å²) in [6.45, 7) is 2.04. The molecule has 0 saturated carbocycles. The van der Waals surface area contributed by atoms with Crippen LogP contribution in [0.4, 0.5) is 0 Å². The fraction of sp³-hybridized carbons (Fsp3) is 0.0909. The predicted molar refractivity (Wildman–Crippen MR) is 105 cm³/mol. The molecule has 1 heteroatoms. The first-order chi connectivity index (χ1) is 11.3. The molecule has 3 aromatic carbocycles. The fourth-order valence-corrected chi connectivity index (χ4v) is 3.82. The summed E-state index contributed by atoms with van der Waals surface area (Å²) in [6, 6.07) is 15.4. The first kappa shape index (κ1) is 14.5. The van der Waals surface area contributed by atoms with Crippen molar-refractivity contribution in [1.82, 2.24) is 0 Å². The van der Waals surface area contributed by atoms with Crippen LogP contribution in [0.25, 0.3) is 27.6 Å². The standard InChI is InChI=1S/C22H17Br/c1-2-3-4-7-15-12-20-17-8-5-6-9-18(17)22-14-16(23)10-11-19(22)21(20)13-15/h2-12,14H,13H2,1H3/b3-2-,7-4-. The second-order valence-electron chi connectivity index (χ2n) is 5.91. The van der Waals surface area contributed by atoms with Crippen molar-refractivity contribution in [2.75, 3.05) is 0 Å². The Morgan fingerprint density at radius 3 is 2.57 bits per heavy atom. The summed E-state index contributed by atoms with van der Waals surface area (Å²) in [4.78, 5) is 0. The smallest absolute Gasteiger partial charge is 0.0181 e. The maximum Gasteiger partial charge on any atom is 0.0181 e. The van der Waals surface area contributed by atoms with Gasteiger partial charge in [-0.2, -0.15) is 0 Å². The Morgan fingerprint density at radius 1 is 0.913 bits per heavy atom. The molecule has 3 aromatic rings. The van der Waals surface area contributed by atoms with Gasteiger partial charge >= 0.3 is 0 Å². The van der Waals surface area contributed by atoms with E-state index in [2.05, 4.69) is 88.8 Å². The van der Waals surface area contributed by atoms with Crippen LogP contribution in [0, 0.1) is 0 Å². The highest BCUT2D eigenvalue weighted by molar-refractivity contribution is 9.10. The molecule has 0 N–H and O–H groups in total. The van der Waals surface area contributed by atoms with Crippen LogP contribution in [0.1, 0.15) is 18.1 Å². The lowest BCUT2D eigenvalue weighted by Gasteiger charge is -2.11. The molecule has 0 heterocycles. The maximum atomic E-state index is 3.62. The number of hydrogen-bond donors (Lipinski definition) is 0. The van der Waals surface area contributed by atoms with Crippen molar-refractivity contribution < 1.29 is 0 Å². The molecule has 0 fully saturated rings. The van der Waals surface area contributed by atoms with Crippen LogP contribution in [-0.4, -0.2) is 0 Å². The molecular formula is C22H17Br. The molecule has 0 atom stereocenters. The van der Waals surface area contributed by atoms with Crippen molar-refractivity contribution in [3.8, 4) is 0 Å². The summed E-state index contributed by atoms with van der Waals surface area (Å²) >= 11 is 3.62. The van der Waals surface area contributed by atoms with Gasteiger partial charge in [-0.25, -0.2) is 0 Å². The summed E-state index contributed by atoms with van der Waals surface area (Å²) in [5.74, 6) is 0. The third-order valence-corrected chi connectivity index (χ3v) is 4.96. The van der Waals surface area contributed by atoms with E-state index in [9.17, 15) is 0 Å². The molecule has 1 aliphatic rings. The van der Waals surface area contributed by atoms with Crippen molar-refractivity contribution in [1.29, 1.82) is 0 Å². The van der Waals surface area contributed by atoms with Gasteiger partial charge in [-0.3, -0.25) is 0 Å². The zero-order chi connectivity index (χ0) is 15.8. The van der Waals surface area contributed by atoms with Gasteiger partial charge in [-0.05, 0) is 63.7 Å². The summed E-state index contributed by atoms with van der Waals surface area (Å²) in [5, 5.41) is 5.38. The molecule has 1 aliphatic carbocycles. The average Bonchev–Trinajstić information content (AvgIpc) is 2.99. The normalized spacial score (nSPS) is 14.3. The van der Waals surface area contributed by atoms with Gasteiger partial charge < -0.3 is 0 Å². The molecule has 0 radical (unpaired) electrons. The van der Waals surface area contributed by atoms with E-state index >= 15 is 0 Å². The van der Waals surface area contributed by atoms with Crippen LogP contribution in [0.2, 0.25) is 0 Å². The van der Waals surface area contributed by atoms with Crippen molar-refractivity contribution in [3.63, 3.8) is 0 Å². The van der Waals surface area contributed by atoms with Crippen molar-refractivity contribution in [2.24, 2.45) is 0 Å². The zero-order valence-electron chi connectivity index (χ0n) is 13.0. The van der Waals surface area contributed by atoms with Crippen molar-refractivity contribution >= 4 is 43.6 Å². The van der Waals surface area contributed by atoms with Crippen LogP contribution in [0.5, 0.6) is 0 Å². The van der Waals surface area contributed by atoms with Crippen LogP contribution in [0.3, 0.4) is 0 Å². The van der Waals surface area contributed by atoms with E-state index in [1.807, 2.05) is 6.92 Å². The van der Waals surface area contributed by atoms with E-state index in [0.29, 0.717) is 0 Å². The Hall–Kier alpha value is -2.12. The van der Waals surface area contributed by atoms with Crippen LogP contribution < -0.4 is 0 Å². The van der Waals surface area contributed by atoms with Crippen LogP contribution >= 0.6 is 15.9 Å². The van der Waals surface area contributed by atoms with Gasteiger partial charge in [-0.1, -0.05) is 76.6 Å². The van der Waals surface area contributed by atoms with Crippen molar-refractivity contribution in [3.05, 3.63) is 87.9 Å². The molecular weight excluding hydrogens is 344 g/mol. The minimum atomic E-state index is 1.01. The maximum absolute atomic E-state index is 3.62. The Labute approximate surface area is 145 Å². The van der Waals surface area contributed by atoms with E-state index in [0.717, 1.165) is 10.9 Å². The van der Waals surface area contributed by atoms with Gasteiger partial charge in [0.25, 0.3) is 0 Å². The monoisotopic (exact) mass is 360 g/mol. The van der Waals surface area contributed by atoms with E-state index in [1.165, 1.54) is 38.2 Å². The quantitative estimate of drug-likeness (QED) is 0.347. The molecule has 112 valence electrons. The highest BCUT2D eigenvalue weighted by Crippen LogP contribution is 2.40. The number of rotatable bonds is 2. The third-order valence-electron chi connectivity index (χ3n) is 4.46. The lowest BCUT2D eigenvalue weighted by atomic mass is 9.93.